The number of nitrogens with zero attached hydrogens (tertiary/aromatic N) is 1. The molecule has 0 saturated heterocycles. The minimum atomic E-state index is -0.415. The first-order chi connectivity index (χ1) is 12.0. The summed E-state index contributed by atoms with van der Waals surface area (Å²) in [6.07, 6.45) is 0. The van der Waals surface area contributed by atoms with Gasteiger partial charge in [0.25, 0.3) is 5.91 Å². The van der Waals surface area contributed by atoms with Gasteiger partial charge in [-0.1, -0.05) is 18.2 Å². The molecule has 2 N–H and O–H groups in total. The Morgan fingerprint density at radius 3 is 2.40 bits per heavy atom. The summed E-state index contributed by atoms with van der Waals surface area (Å²) in [5, 5.41) is 5.31. The number of benzene rings is 2. The molecule has 0 aliphatic carbocycles. The number of nitrogens with one attached hydrogen (secondary N) is 2. The molecule has 6 heteroatoms. The Kier molecular flexibility index (Phi) is 6.51. The molecule has 132 valence electrons. The van der Waals surface area contributed by atoms with Gasteiger partial charge in [-0.15, -0.1) is 0 Å². The van der Waals surface area contributed by atoms with E-state index in [0.717, 1.165) is 17.8 Å². The van der Waals surface area contributed by atoms with Gasteiger partial charge < -0.3 is 15.5 Å². The maximum Gasteiger partial charge on any atom is 0.251 e. The molecule has 2 aromatic rings. The zero-order chi connectivity index (χ0) is 18.2. The average molecular weight is 343 g/mol. The van der Waals surface area contributed by atoms with Crippen molar-refractivity contribution < 1.29 is 14.0 Å². The number of anilines is 1. The molecule has 0 aliphatic rings. The van der Waals surface area contributed by atoms with Gasteiger partial charge in [0.2, 0.25) is 5.91 Å². The van der Waals surface area contributed by atoms with Crippen LogP contribution < -0.4 is 15.5 Å². The molecule has 2 rings (SSSR count). The Morgan fingerprint density at radius 2 is 1.72 bits per heavy atom. The van der Waals surface area contributed by atoms with E-state index in [0.29, 0.717) is 12.1 Å². The van der Waals surface area contributed by atoms with Crippen LogP contribution in [0.25, 0.3) is 0 Å². The van der Waals surface area contributed by atoms with Gasteiger partial charge in [-0.25, -0.2) is 4.39 Å². The van der Waals surface area contributed by atoms with Gasteiger partial charge in [-0.2, -0.15) is 0 Å². The fourth-order valence-corrected chi connectivity index (χ4v) is 2.32. The molecule has 2 aromatic carbocycles. The number of para-hydroxylation sites is 1. The second-order valence-electron chi connectivity index (χ2n) is 5.61. The average Bonchev–Trinajstić information content (AvgIpc) is 2.64. The predicted molar refractivity (Wildman–Crippen MR) is 96.0 cm³/mol. The van der Waals surface area contributed by atoms with Gasteiger partial charge in [-0.3, -0.25) is 9.59 Å². The number of hydrogen-bond acceptors (Lipinski definition) is 3. The molecular weight excluding hydrogens is 321 g/mol. The monoisotopic (exact) mass is 343 g/mol. The van der Waals surface area contributed by atoms with E-state index >= 15 is 0 Å². The molecule has 2 amide bonds. The molecule has 0 bridgehead atoms. The van der Waals surface area contributed by atoms with Gasteiger partial charge in [0.1, 0.15) is 5.82 Å². The molecule has 0 aliphatic heterocycles. The number of rotatable bonds is 7. The largest absolute Gasteiger partial charge is 0.375 e. The fraction of sp³-hybridized carbons (Fsp3) is 0.263. The molecule has 25 heavy (non-hydrogen) atoms. The Labute approximate surface area is 146 Å². The highest BCUT2D eigenvalue weighted by Crippen LogP contribution is 2.18. The Morgan fingerprint density at radius 1 is 1.04 bits per heavy atom. The lowest BCUT2D eigenvalue weighted by Crippen LogP contribution is -2.36. The van der Waals surface area contributed by atoms with Crippen LogP contribution in [-0.2, 0) is 11.3 Å². The quantitative estimate of drug-likeness (QED) is 0.811. The van der Waals surface area contributed by atoms with E-state index in [-0.39, 0.29) is 12.5 Å². The van der Waals surface area contributed by atoms with Crippen molar-refractivity contribution in [2.75, 3.05) is 25.0 Å². The van der Waals surface area contributed by atoms with E-state index in [2.05, 4.69) is 22.5 Å². The molecule has 0 spiro atoms. The highest BCUT2D eigenvalue weighted by molar-refractivity contribution is 5.96. The van der Waals surface area contributed by atoms with E-state index in [9.17, 15) is 14.0 Å². The summed E-state index contributed by atoms with van der Waals surface area (Å²) >= 11 is 0. The zero-order valence-corrected chi connectivity index (χ0v) is 14.4. The Bertz CT molecular complexity index is 732. The maximum absolute atomic E-state index is 12.8. The summed E-state index contributed by atoms with van der Waals surface area (Å²) in [6.45, 7) is 3.16. The molecular formula is C19H22FN3O2. The van der Waals surface area contributed by atoms with Crippen LogP contribution in [-0.4, -0.2) is 32.0 Å². The first-order valence-electron chi connectivity index (χ1n) is 8.10. The summed E-state index contributed by atoms with van der Waals surface area (Å²) in [5.41, 5.74) is 2.37. The first kappa shape index (κ1) is 18.4. The van der Waals surface area contributed by atoms with Gasteiger partial charge >= 0.3 is 0 Å². The lowest BCUT2D eigenvalue weighted by atomic mass is 10.1. The van der Waals surface area contributed by atoms with Crippen LogP contribution >= 0.6 is 0 Å². The summed E-state index contributed by atoms with van der Waals surface area (Å²) in [7, 11) is 1.99. The molecule has 0 saturated carbocycles. The molecule has 0 fully saturated rings. The van der Waals surface area contributed by atoms with Crippen LogP contribution in [0.5, 0.6) is 0 Å². The number of carbonyl (C=O) groups is 2. The van der Waals surface area contributed by atoms with Gasteiger partial charge in [0.05, 0.1) is 6.54 Å². The smallest absolute Gasteiger partial charge is 0.251 e. The van der Waals surface area contributed by atoms with Crippen LogP contribution in [0.2, 0.25) is 0 Å². The molecule has 5 nitrogen and oxygen atoms in total. The number of halogens is 1. The van der Waals surface area contributed by atoms with Crippen molar-refractivity contribution in [3.63, 3.8) is 0 Å². The second-order valence-corrected chi connectivity index (χ2v) is 5.61. The van der Waals surface area contributed by atoms with Crippen molar-refractivity contribution in [3.05, 3.63) is 65.5 Å². The third-order valence-corrected chi connectivity index (χ3v) is 3.87. The first-order valence-corrected chi connectivity index (χ1v) is 8.10. The normalized spacial score (nSPS) is 10.2. The highest BCUT2D eigenvalue weighted by atomic mass is 19.1. The second kappa shape index (κ2) is 8.82. The third-order valence-electron chi connectivity index (χ3n) is 3.87. The fourth-order valence-electron chi connectivity index (χ4n) is 2.32. The van der Waals surface area contributed by atoms with Gasteiger partial charge in [0, 0.05) is 31.4 Å². The lowest BCUT2D eigenvalue weighted by molar-refractivity contribution is -0.120. The molecule has 0 atom stereocenters. The standard InChI is InChI=1S/C19H22FN3O2/c1-3-23(2)17-7-5-4-6-15(17)12-21-18(24)13-22-19(25)14-8-10-16(20)11-9-14/h4-11H,3,12-13H2,1-2H3,(H,21,24)(H,22,25). The van der Waals surface area contributed by atoms with Crippen molar-refractivity contribution in [3.8, 4) is 0 Å². The lowest BCUT2D eigenvalue weighted by Gasteiger charge is -2.20. The van der Waals surface area contributed by atoms with Crippen molar-refractivity contribution in [2.45, 2.75) is 13.5 Å². The molecule has 0 aromatic heterocycles. The van der Waals surface area contributed by atoms with Crippen LogP contribution in [0.1, 0.15) is 22.8 Å². The SMILES string of the molecule is CCN(C)c1ccccc1CNC(=O)CNC(=O)c1ccc(F)cc1. The van der Waals surface area contributed by atoms with Crippen LogP contribution in [0, 0.1) is 5.82 Å². The minimum Gasteiger partial charge on any atom is -0.375 e. The van der Waals surface area contributed by atoms with Crippen molar-refractivity contribution in [1.29, 1.82) is 0 Å². The van der Waals surface area contributed by atoms with E-state index in [1.807, 2.05) is 31.3 Å². The summed E-state index contributed by atoms with van der Waals surface area (Å²) < 4.78 is 12.8. The number of carbonyl (C=O) groups excluding carboxylic acids is 2. The van der Waals surface area contributed by atoms with E-state index in [1.54, 1.807) is 0 Å². The van der Waals surface area contributed by atoms with E-state index < -0.39 is 11.7 Å². The zero-order valence-electron chi connectivity index (χ0n) is 14.4. The van der Waals surface area contributed by atoms with Crippen LogP contribution in [0.4, 0.5) is 10.1 Å². The van der Waals surface area contributed by atoms with E-state index in [4.69, 9.17) is 0 Å². The molecule has 0 heterocycles. The number of amides is 2. The summed E-state index contributed by atoms with van der Waals surface area (Å²) in [4.78, 5) is 25.9. The van der Waals surface area contributed by atoms with Crippen LogP contribution in [0.15, 0.2) is 48.5 Å². The maximum atomic E-state index is 12.8. The topological polar surface area (TPSA) is 61.4 Å². The predicted octanol–water partition coefficient (Wildman–Crippen LogP) is 2.33. The Balaban J connectivity index is 1.85. The van der Waals surface area contributed by atoms with E-state index in [1.165, 1.54) is 24.3 Å². The Hall–Kier alpha value is -2.89. The van der Waals surface area contributed by atoms with Crippen molar-refractivity contribution in [1.82, 2.24) is 10.6 Å². The number of hydrogen-bond donors (Lipinski definition) is 2. The minimum absolute atomic E-state index is 0.137. The highest BCUT2D eigenvalue weighted by Gasteiger charge is 2.10. The summed E-state index contributed by atoms with van der Waals surface area (Å²) in [6, 6.07) is 13.0. The van der Waals surface area contributed by atoms with Crippen LogP contribution in [0.3, 0.4) is 0 Å². The molecule has 0 radical (unpaired) electrons. The van der Waals surface area contributed by atoms with Crippen molar-refractivity contribution >= 4 is 17.5 Å². The summed E-state index contributed by atoms with van der Waals surface area (Å²) in [5.74, 6) is -1.12. The van der Waals surface area contributed by atoms with Gasteiger partial charge in [-0.05, 0) is 42.8 Å². The van der Waals surface area contributed by atoms with Crippen molar-refractivity contribution in [2.24, 2.45) is 0 Å². The van der Waals surface area contributed by atoms with Gasteiger partial charge in [0.15, 0.2) is 0 Å². The molecule has 0 unspecified atom stereocenters. The third kappa shape index (κ3) is 5.31.